The topological polar surface area (TPSA) is 45.8 Å². The third-order valence-electron chi connectivity index (χ3n) is 3.55. The van der Waals surface area contributed by atoms with Gasteiger partial charge in [0.1, 0.15) is 5.82 Å². The van der Waals surface area contributed by atoms with Crippen LogP contribution in [-0.4, -0.2) is 9.97 Å². The molecule has 0 aliphatic heterocycles. The number of benzene rings is 1. The molecule has 1 aliphatic rings. The van der Waals surface area contributed by atoms with E-state index in [0.717, 1.165) is 59.8 Å². The molecule has 1 aromatic heterocycles. The molecule has 0 amide bonds. The lowest BCUT2D eigenvalue weighted by atomic mass is 10.1. The van der Waals surface area contributed by atoms with Gasteiger partial charge in [0.15, 0.2) is 0 Å². The molecule has 3 rings (SSSR count). The first-order valence-corrected chi connectivity index (χ1v) is 6.95. The van der Waals surface area contributed by atoms with Crippen LogP contribution in [0.5, 0.6) is 0 Å². The van der Waals surface area contributed by atoms with Crippen LogP contribution in [-0.2, 0) is 25.7 Å². The maximum absolute atomic E-state index is 11.8. The molecule has 4 heteroatoms. The fourth-order valence-corrected chi connectivity index (χ4v) is 2.80. The van der Waals surface area contributed by atoms with Gasteiger partial charge in [-0.05, 0) is 43.4 Å². The molecule has 0 unspecified atom stereocenters. The van der Waals surface area contributed by atoms with Gasteiger partial charge in [0, 0.05) is 22.7 Å². The quantitative estimate of drug-likeness (QED) is 0.935. The second kappa shape index (κ2) is 5.17. The molecule has 1 aromatic carbocycles. The molecule has 1 N–H and O–H groups in total. The van der Waals surface area contributed by atoms with Gasteiger partial charge in [0.2, 0.25) is 0 Å². The summed E-state index contributed by atoms with van der Waals surface area (Å²) in [7, 11) is 0. The van der Waals surface area contributed by atoms with Crippen molar-refractivity contribution < 1.29 is 0 Å². The largest absolute Gasteiger partial charge is 0.347 e. The van der Waals surface area contributed by atoms with Crippen LogP contribution in [0.3, 0.4) is 0 Å². The van der Waals surface area contributed by atoms with E-state index in [2.05, 4.69) is 9.97 Å². The van der Waals surface area contributed by atoms with E-state index in [1.54, 1.807) is 0 Å². The van der Waals surface area contributed by atoms with Crippen molar-refractivity contribution in [2.45, 2.75) is 32.1 Å². The lowest BCUT2D eigenvalue weighted by molar-refractivity contribution is 0.823. The van der Waals surface area contributed by atoms with Gasteiger partial charge in [-0.25, -0.2) is 0 Å². The van der Waals surface area contributed by atoms with E-state index in [1.165, 1.54) is 0 Å². The van der Waals surface area contributed by atoms with Crippen LogP contribution in [0.25, 0.3) is 0 Å². The fraction of sp³-hybridized carbons (Fsp3) is 0.333. The van der Waals surface area contributed by atoms with E-state index in [4.69, 9.17) is 11.6 Å². The van der Waals surface area contributed by atoms with Gasteiger partial charge in [-0.2, -0.15) is 4.98 Å². The average Bonchev–Trinajstić information content (AvgIpc) is 2.85. The Balaban J connectivity index is 1.77. The highest BCUT2D eigenvalue weighted by Crippen LogP contribution is 2.16. The zero-order chi connectivity index (χ0) is 13.2. The number of hydrogen-bond donors (Lipinski definition) is 1. The van der Waals surface area contributed by atoms with E-state index in [0.29, 0.717) is 0 Å². The Morgan fingerprint density at radius 2 is 2.16 bits per heavy atom. The maximum Gasteiger partial charge on any atom is 0.276 e. The molecule has 0 radical (unpaired) electrons. The SMILES string of the molecule is O=c1nc(CCc2cccc(Cl)c2)[nH]c2c1CCC2. The van der Waals surface area contributed by atoms with Crippen molar-refractivity contribution in [3.8, 4) is 0 Å². The van der Waals surface area contributed by atoms with Crippen molar-refractivity contribution in [2.24, 2.45) is 0 Å². The van der Waals surface area contributed by atoms with Crippen LogP contribution in [0, 0.1) is 0 Å². The minimum atomic E-state index is -0.0488. The third-order valence-corrected chi connectivity index (χ3v) is 3.78. The highest BCUT2D eigenvalue weighted by Gasteiger charge is 2.16. The second-order valence-corrected chi connectivity index (χ2v) is 5.37. The zero-order valence-corrected chi connectivity index (χ0v) is 11.3. The van der Waals surface area contributed by atoms with E-state index in [1.807, 2.05) is 24.3 Å². The molecule has 1 heterocycles. The van der Waals surface area contributed by atoms with Crippen molar-refractivity contribution >= 4 is 11.6 Å². The van der Waals surface area contributed by atoms with Crippen LogP contribution in [0.2, 0.25) is 5.02 Å². The minimum absolute atomic E-state index is 0.0488. The van der Waals surface area contributed by atoms with Gasteiger partial charge in [-0.3, -0.25) is 4.79 Å². The summed E-state index contributed by atoms with van der Waals surface area (Å²) in [6.07, 6.45) is 4.47. The minimum Gasteiger partial charge on any atom is -0.347 e. The van der Waals surface area contributed by atoms with Crippen LogP contribution in [0.15, 0.2) is 29.1 Å². The van der Waals surface area contributed by atoms with Gasteiger partial charge in [0.05, 0.1) is 0 Å². The maximum atomic E-state index is 11.8. The van der Waals surface area contributed by atoms with Crippen molar-refractivity contribution in [1.29, 1.82) is 0 Å². The first-order chi connectivity index (χ1) is 9.22. The summed E-state index contributed by atoms with van der Waals surface area (Å²) in [4.78, 5) is 19.3. The van der Waals surface area contributed by atoms with Gasteiger partial charge in [0.25, 0.3) is 5.56 Å². The smallest absolute Gasteiger partial charge is 0.276 e. The highest BCUT2D eigenvalue weighted by atomic mass is 35.5. The zero-order valence-electron chi connectivity index (χ0n) is 10.6. The molecular formula is C15H15ClN2O. The van der Waals surface area contributed by atoms with Crippen LogP contribution >= 0.6 is 11.6 Å². The summed E-state index contributed by atoms with van der Waals surface area (Å²) in [6, 6.07) is 7.79. The lowest BCUT2D eigenvalue weighted by Gasteiger charge is -2.05. The molecular weight excluding hydrogens is 260 g/mol. The summed E-state index contributed by atoms with van der Waals surface area (Å²) in [6.45, 7) is 0. The fourth-order valence-electron chi connectivity index (χ4n) is 2.58. The number of nitrogens with one attached hydrogen (secondary N) is 1. The van der Waals surface area contributed by atoms with Crippen molar-refractivity contribution in [2.75, 3.05) is 0 Å². The van der Waals surface area contributed by atoms with Gasteiger partial charge in [-0.1, -0.05) is 23.7 Å². The van der Waals surface area contributed by atoms with Crippen LogP contribution in [0.4, 0.5) is 0 Å². The average molecular weight is 275 g/mol. The number of halogens is 1. The number of H-pyrrole nitrogens is 1. The molecule has 0 atom stereocenters. The Labute approximate surface area is 116 Å². The van der Waals surface area contributed by atoms with E-state index in [-0.39, 0.29) is 5.56 Å². The first-order valence-electron chi connectivity index (χ1n) is 6.58. The summed E-state index contributed by atoms with van der Waals surface area (Å²) in [5.74, 6) is 0.783. The van der Waals surface area contributed by atoms with Gasteiger partial charge >= 0.3 is 0 Å². The summed E-state index contributed by atoms with van der Waals surface area (Å²) < 4.78 is 0. The number of aromatic nitrogens is 2. The van der Waals surface area contributed by atoms with Crippen LogP contribution < -0.4 is 5.56 Å². The number of aryl methyl sites for hydroxylation is 3. The van der Waals surface area contributed by atoms with E-state index < -0.39 is 0 Å². The Morgan fingerprint density at radius 1 is 1.26 bits per heavy atom. The summed E-state index contributed by atoms with van der Waals surface area (Å²) >= 11 is 5.96. The molecule has 0 saturated carbocycles. The molecule has 1 aliphatic carbocycles. The van der Waals surface area contributed by atoms with Gasteiger partial charge < -0.3 is 4.98 Å². The van der Waals surface area contributed by atoms with E-state index >= 15 is 0 Å². The Bertz CT molecular complexity index is 663. The number of aromatic amines is 1. The predicted octanol–water partition coefficient (Wildman–Crippen LogP) is 2.70. The third kappa shape index (κ3) is 2.71. The molecule has 3 nitrogen and oxygen atoms in total. The highest BCUT2D eigenvalue weighted by molar-refractivity contribution is 6.30. The number of hydrogen-bond acceptors (Lipinski definition) is 2. The van der Waals surface area contributed by atoms with Crippen molar-refractivity contribution in [3.05, 3.63) is 62.3 Å². The Kier molecular flexibility index (Phi) is 3.38. The second-order valence-electron chi connectivity index (χ2n) is 4.93. The Hall–Kier alpha value is -1.61. The molecule has 0 bridgehead atoms. The molecule has 0 fully saturated rings. The van der Waals surface area contributed by atoms with Crippen molar-refractivity contribution in [3.63, 3.8) is 0 Å². The standard InChI is InChI=1S/C15H15ClN2O/c16-11-4-1-3-10(9-11)7-8-14-17-13-6-2-5-12(13)15(19)18-14/h1,3-4,9H,2,5-8H2,(H,17,18,19). The van der Waals surface area contributed by atoms with E-state index in [9.17, 15) is 4.79 Å². The molecule has 19 heavy (non-hydrogen) atoms. The van der Waals surface area contributed by atoms with Crippen molar-refractivity contribution in [1.82, 2.24) is 9.97 Å². The summed E-state index contributed by atoms with van der Waals surface area (Å²) in [5, 5.41) is 0.743. The molecule has 98 valence electrons. The summed E-state index contributed by atoms with van der Waals surface area (Å²) in [5.41, 5.74) is 3.08. The predicted molar refractivity (Wildman–Crippen MR) is 75.7 cm³/mol. The monoisotopic (exact) mass is 274 g/mol. The first kappa shape index (κ1) is 12.4. The van der Waals surface area contributed by atoms with Gasteiger partial charge in [-0.15, -0.1) is 0 Å². The lowest BCUT2D eigenvalue weighted by Crippen LogP contribution is -2.17. The molecule has 2 aromatic rings. The number of fused-ring (bicyclic) bond motifs is 1. The van der Waals surface area contributed by atoms with Crippen LogP contribution in [0.1, 0.15) is 29.1 Å². The normalized spacial score (nSPS) is 13.5. The number of rotatable bonds is 3. The number of nitrogens with zero attached hydrogens (tertiary/aromatic N) is 1. The molecule has 0 saturated heterocycles. The molecule has 0 spiro atoms. The Morgan fingerprint density at radius 3 is 3.00 bits per heavy atom.